The molecule has 4 rings (SSSR count). The molecule has 1 unspecified atom stereocenters. The zero-order valence-corrected chi connectivity index (χ0v) is 18.7. The van der Waals surface area contributed by atoms with Crippen LogP contribution < -0.4 is 9.64 Å². The van der Waals surface area contributed by atoms with Gasteiger partial charge in [-0.3, -0.25) is 0 Å². The normalized spacial score (nSPS) is 23.3. The van der Waals surface area contributed by atoms with Crippen LogP contribution >= 0.6 is 0 Å². The molecular weight excluding hydrogens is 398 g/mol. The Balaban J connectivity index is 1.35. The number of benzene rings is 1. The fraction of sp³-hybridized carbons (Fsp3) is 0.560. The van der Waals surface area contributed by atoms with E-state index in [1.54, 1.807) is 0 Å². The molecule has 1 saturated heterocycles. The monoisotopic (exact) mass is 430 g/mol. The Morgan fingerprint density at radius 1 is 1.26 bits per heavy atom. The average Bonchev–Trinajstić information content (AvgIpc) is 3.07. The molecule has 1 aromatic carbocycles. The predicted octanol–water partition coefficient (Wildman–Crippen LogP) is 6.43. The van der Waals surface area contributed by atoms with E-state index in [-0.39, 0.29) is 18.8 Å². The van der Waals surface area contributed by atoms with Crippen molar-refractivity contribution in [1.29, 1.82) is 0 Å². The summed E-state index contributed by atoms with van der Waals surface area (Å²) in [6.07, 6.45) is 4.27. The van der Waals surface area contributed by atoms with Gasteiger partial charge in [0.15, 0.2) is 0 Å². The summed E-state index contributed by atoms with van der Waals surface area (Å²) >= 11 is 0. The lowest BCUT2D eigenvalue weighted by Crippen LogP contribution is -2.35. The molecule has 2 heterocycles. The number of hydrogen-bond acceptors (Lipinski definition) is 4. The highest BCUT2D eigenvalue weighted by molar-refractivity contribution is 5.57. The molecule has 31 heavy (non-hydrogen) atoms. The molecule has 1 aliphatic carbocycles. The van der Waals surface area contributed by atoms with E-state index in [1.165, 1.54) is 5.57 Å². The van der Waals surface area contributed by atoms with Crippen LogP contribution in [-0.2, 0) is 0 Å². The van der Waals surface area contributed by atoms with Gasteiger partial charge >= 0.3 is 0 Å². The predicted molar refractivity (Wildman–Crippen MR) is 119 cm³/mol. The van der Waals surface area contributed by atoms with Gasteiger partial charge in [-0.25, -0.2) is 8.78 Å². The van der Waals surface area contributed by atoms with Gasteiger partial charge in [-0.05, 0) is 62.6 Å². The van der Waals surface area contributed by atoms with Gasteiger partial charge in [0.25, 0.3) is 0 Å². The van der Waals surface area contributed by atoms with Crippen LogP contribution in [0.5, 0.6) is 5.75 Å². The van der Waals surface area contributed by atoms with Crippen molar-refractivity contribution in [2.24, 2.45) is 11.8 Å². The summed E-state index contributed by atoms with van der Waals surface area (Å²) in [7, 11) is 0. The minimum atomic E-state index is -2.49. The number of hydrogen-bond donors (Lipinski definition) is 0. The third-order valence-corrected chi connectivity index (χ3v) is 6.75. The number of ether oxygens (including phenoxy) is 1. The molecule has 4 nitrogen and oxygen atoms in total. The summed E-state index contributed by atoms with van der Waals surface area (Å²) in [6.45, 7) is 8.60. The fourth-order valence-corrected chi connectivity index (χ4v) is 4.54. The van der Waals surface area contributed by atoms with Crippen molar-refractivity contribution >= 4 is 12.0 Å². The highest BCUT2D eigenvalue weighted by Crippen LogP contribution is 2.36. The van der Waals surface area contributed by atoms with Crippen LogP contribution in [0, 0.1) is 25.7 Å². The maximum absolute atomic E-state index is 13.3. The van der Waals surface area contributed by atoms with E-state index in [9.17, 15) is 8.78 Å². The second kappa shape index (κ2) is 9.01. The third kappa shape index (κ3) is 5.28. The zero-order valence-electron chi connectivity index (χ0n) is 18.7. The van der Waals surface area contributed by atoms with E-state index in [2.05, 4.69) is 36.0 Å². The highest BCUT2D eigenvalue weighted by atomic mass is 19.3. The first-order valence-electron chi connectivity index (χ1n) is 11.3. The number of anilines is 1. The summed E-state index contributed by atoms with van der Waals surface area (Å²) in [5.74, 6) is -0.162. The molecule has 0 radical (unpaired) electrons. The number of piperidine rings is 1. The van der Waals surface area contributed by atoms with Crippen LogP contribution in [-0.4, -0.2) is 30.8 Å². The van der Waals surface area contributed by atoms with Crippen LogP contribution in [0.15, 0.2) is 34.4 Å². The standard InChI is InChI=1S/C25H32F2N2O2/c1-17-15-29(24-18(2)19(3)28-31-24)12-9-22(17)13-21-5-4-6-23(14-21)30-16-20-7-10-25(26,27)11-8-20/h4-6,13-14,17,20H,7-12,15-16H2,1-3H3. The molecule has 0 N–H and O–H groups in total. The average molecular weight is 431 g/mol. The second-order valence-corrected chi connectivity index (χ2v) is 9.20. The Kier molecular flexibility index (Phi) is 6.35. The van der Waals surface area contributed by atoms with E-state index >= 15 is 0 Å². The molecule has 0 spiro atoms. The van der Waals surface area contributed by atoms with Crippen molar-refractivity contribution in [2.45, 2.75) is 58.8 Å². The number of halogens is 2. The van der Waals surface area contributed by atoms with Gasteiger partial charge in [0.05, 0.1) is 12.3 Å². The van der Waals surface area contributed by atoms with Crippen molar-refractivity contribution in [3.8, 4) is 5.75 Å². The SMILES string of the molecule is Cc1noc(N2CCC(=Cc3cccc(OCC4CCC(F)(F)CC4)c3)C(C)C2)c1C. The van der Waals surface area contributed by atoms with E-state index in [0.717, 1.165) is 48.0 Å². The van der Waals surface area contributed by atoms with Crippen LogP contribution in [0.3, 0.4) is 0 Å². The molecule has 1 atom stereocenters. The topological polar surface area (TPSA) is 38.5 Å². The van der Waals surface area contributed by atoms with Gasteiger partial charge in [0, 0.05) is 31.5 Å². The first kappa shape index (κ1) is 21.8. The van der Waals surface area contributed by atoms with Crippen molar-refractivity contribution in [1.82, 2.24) is 5.16 Å². The lowest BCUT2D eigenvalue weighted by atomic mass is 9.87. The molecule has 2 fully saturated rings. The molecule has 1 aliphatic heterocycles. The number of alkyl halides is 2. The Morgan fingerprint density at radius 2 is 2.03 bits per heavy atom. The van der Waals surface area contributed by atoms with Crippen molar-refractivity contribution in [3.63, 3.8) is 0 Å². The minimum Gasteiger partial charge on any atom is -0.493 e. The zero-order chi connectivity index (χ0) is 22.0. The number of nitrogens with zero attached hydrogens (tertiary/aromatic N) is 2. The summed E-state index contributed by atoms with van der Waals surface area (Å²) in [4.78, 5) is 2.28. The van der Waals surface area contributed by atoms with E-state index < -0.39 is 5.92 Å². The van der Waals surface area contributed by atoms with Gasteiger partial charge < -0.3 is 14.2 Å². The first-order valence-corrected chi connectivity index (χ1v) is 11.3. The van der Waals surface area contributed by atoms with Crippen LogP contribution in [0.2, 0.25) is 0 Å². The molecule has 6 heteroatoms. The smallest absolute Gasteiger partial charge is 0.248 e. The van der Waals surface area contributed by atoms with E-state index in [4.69, 9.17) is 9.26 Å². The largest absolute Gasteiger partial charge is 0.493 e. The number of aromatic nitrogens is 1. The van der Waals surface area contributed by atoms with Gasteiger partial charge in [0.1, 0.15) is 5.75 Å². The maximum atomic E-state index is 13.3. The Hall–Kier alpha value is -2.37. The van der Waals surface area contributed by atoms with Gasteiger partial charge in [-0.15, -0.1) is 0 Å². The third-order valence-electron chi connectivity index (χ3n) is 6.75. The summed E-state index contributed by atoms with van der Waals surface area (Å²) in [6, 6.07) is 8.08. The van der Waals surface area contributed by atoms with Gasteiger partial charge in [-0.2, -0.15) is 0 Å². The Labute approximate surface area is 183 Å². The van der Waals surface area contributed by atoms with Gasteiger partial charge in [0.2, 0.25) is 11.8 Å². The van der Waals surface area contributed by atoms with E-state index in [1.807, 2.05) is 25.1 Å². The van der Waals surface area contributed by atoms with Crippen molar-refractivity contribution in [3.05, 3.63) is 46.7 Å². The van der Waals surface area contributed by atoms with Crippen LogP contribution in [0.25, 0.3) is 6.08 Å². The quantitative estimate of drug-likeness (QED) is 0.548. The maximum Gasteiger partial charge on any atom is 0.248 e. The van der Waals surface area contributed by atoms with Crippen molar-refractivity contribution in [2.75, 3.05) is 24.6 Å². The summed E-state index contributed by atoms with van der Waals surface area (Å²) in [5, 5.41) is 4.09. The molecule has 2 aliphatic rings. The highest BCUT2D eigenvalue weighted by Gasteiger charge is 2.35. The molecule has 1 saturated carbocycles. The molecular formula is C25H32F2N2O2. The lowest BCUT2D eigenvalue weighted by molar-refractivity contribution is -0.0498. The molecule has 2 aromatic rings. The fourth-order valence-electron chi connectivity index (χ4n) is 4.54. The number of rotatable bonds is 5. The van der Waals surface area contributed by atoms with Crippen LogP contribution in [0.4, 0.5) is 14.7 Å². The lowest BCUT2D eigenvalue weighted by Gasteiger charge is -2.33. The number of aryl methyl sites for hydroxylation is 1. The Bertz CT molecular complexity index is 927. The molecule has 1 aromatic heterocycles. The molecule has 0 amide bonds. The van der Waals surface area contributed by atoms with Crippen LogP contribution in [0.1, 0.15) is 55.8 Å². The first-order chi connectivity index (χ1) is 14.8. The second-order valence-electron chi connectivity index (χ2n) is 9.20. The minimum absolute atomic E-state index is 0.0186. The Morgan fingerprint density at radius 3 is 2.71 bits per heavy atom. The summed E-state index contributed by atoms with van der Waals surface area (Å²) in [5.41, 5.74) is 4.60. The molecule has 168 valence electrons. The van der Waals surface area contributed by atoms with Crippen molar-refractivity contribution < 1.29 is 18.0 Å². The van der Waals surface area contributed by atoms with Gasteiger partial charge in [-0.1, -0.05) is 35.9 Å². The summed E-state index contributed by atoms with van der Waals surface area (Å²) < 4.78 is 38.2. The molecule has 0 bridgehead atoms. The van der Waals surface area contributed by atoms with E-state index in [0.29, 0.717) is 25.4 Å².